The second-order valence-electron chi connectivity index (χ2n) is 6.72. The zero-order chi connectivity index (χ0) is 18.4. The second-order valence-corrected chi connectivity index (χ2v) is 8.63. The van der Waals surface area contributed by atoms with Crippen LogP contribution in [0.1, 0.15) is 24.2 Å². The first-order valence-electron chi connectivity index (χ1n) is 8.56. The summed E-state index contributed by atoms with van der Waals surface area (Å²) in [6, 6.07) is 0. The number of anilines is 1. The summed E-state index contributed by atoms with van der Waals surface area (Å²) in [5, 5.41) is 0. The number of aromatic amines is 1. The van der Waals surface area contributed by atoms with Crippen molar-refractivity contribution in [3.8, 4) is 5.88 Å². The Balaban J connectivity index is 1.68. The molecule has 0 aromatic carbocycles. The number of ether oxygens (including phenoxy) is 1. The van der Waals surface area contributed by atoms with Crippen LogP contribution in [0.25, 0.3) is 0 Å². The third-order valence-corrected chi connectivity index (χ3v) is 6.66. The lowest BCUT2D eigenvalue weighted by atomic mass is 9.80. The molecular formula is C16H22N6O3S. The summed E-state index contributed by atoms with van der Waals surface area (Å²) in [5.41, 5.74) is 1.29. The zero-order valence-corrected chi connectivity index (χ0v) is 15.7. The fraction of sp³-hybridized carbons (Fsp3) is 0.562. The van der Waals surface area contributed by atoms with E-state index in [1.165, 1.54) is 6.26 Å². The van der Waals surface area contributed by atoms with Gasteiger partial charge < -0.3 is 14.6 Å². The van der Waals surface area contributed by atoms with Crippen LogP contribution in [-0.2, 0) is 22.0 Å². The van der Waals surface area contributed by atoms with Crippen molar-refractivity contribution in [2.45, 2.75) is 24.8 Å². The summed E-state index contributed by atoms with van der Waals surface area (Å²) in [4.78, 5) is 18.4. The van der Waals surface area contributed by atoms with Gasteiger partial charge in [0.15, 0.2) is 5.82 Å². The van der Waals surface area contributed by atoms with Gasteiger partial charge >= 0.3 is 0 Å². The van der Waals surface area contributed by atoms with Gasteiger partial charge in [0.25, 0.3) is 5.88 Å². The molecule has 140 valence electrons. The highest BCUT2D eigenvalue weighted by atomic mass is 32.2. The molecule has 0 saturated carbocycles. The van der Waals surface area contributed by atoms with Crippen LogP contribution in [-0.4, -0.2) is 65.7 Å². The number of aromatic nitrogens is 4. The Kier molecular flexibility index (Phi) is 4.11. The van der Waals surface area contributed by atoms with Gasteiger partial charge in [-0.15, -0.1) is 0 Å². The molecule has 0 radical (unpaired) electrons. The number of H-pyrrole nitrogens is 1. The number of hydrogen-bond donors (Lipinski definition) is 1. The Labute approximate surface area is 152 Å². The molecule has 0 unspecified atom stereocenters. The van der Waals surface area contributed by atoms with E-state index in [9.17, 15) is 8.42 Å². The molecule has 0 amide bonds. The molecule has 10 heteroatoms. The van der Waals surface area contributed by atoms with Gasteiger partial charge in [0, 0.05) is 44.1 Å². The highest BCUT2D eigenvalue weighted by molar-refractivity contribution is 7.88. The summed E-state index contributed by atoms with van der Waals surface area (Å²) in [6.45, 7) is 1.77. The molecule has 2 aromatic heterocycles. The van der Waals surface area contributed by atoms with Crippen LogP contribution in [0.15, 0.2) is 18.7 Å². The largest absolute Gasteiger partial charge is 0.478 e. The zero-order valence-electron chi connectivity index (χ0n) is 14.8. The Morgan fingerprint density at radius 3 is 2.58 bits per heavy atom. The number of methoxy groups -OCH3 is 1. The minimum atomic E-state index is -3.34. The van der Waals surface area contributed by atoms with E-state index in [1.807, 2.05) is 0 Å². The van der Waals surface area contributed by atoms with Crippen LogP contribution >= 0.6 is 0 Å². The molecule has 0 aliphatic carbocycles. The van der Waals surface area contributed by atoms with Gasteiger partial charge in [-0.25, -0.2) is 23.4 Å². The first-order valence-corrected chi connectivity index (χ1v) is 10.4. The number of piperidine rings is 1. The number of fused-ring (bicyclic) bond motifs is 2. The Hall–Kier alpha value is -2.20. The van der Waals surface area contributed by atoms with E-state index >= 15 is 0 Å². The van der Waals surface area contributed by atoms with Gasteiger partial charge in [0.2, 0.25) is 10.0 Å². The lowest BCUT2D eigenvalue weighted by Gasteiger charge is -2.49. The van der Waals surface area contributed by atoms with Crippen LogP contribution in [0.2, 0.25) is 0 Å². The summed E-state index contributed by atoms with van der Waals surface area (Å²) >= 11 is 0. The van der Waals surface area contributed by atoms with Crippen molar-refractivity contribution < 1.29 is 13.2 Å². The normalized spacial score (nSPS) is 20.2. The summed E-state index contributed by atoms with van der Waals surface area (Å²) in [6.07, 6.45) is 8.11. The highest BCUT2D eigenvalue weighted by Crippen LogP contribution is 2.44. The molecule has 0 bridgehead atoms. The quantitative estimate of drug-likeness (QED) is 0.830. The Morgan fingerprint density at radius 2 is 1.88 bits per heavy atom. The molecule has 4 rings (SSSR count). The van der Waals surface area contributed by atoms with Crippen molar-refractivity contribution >= 4 is 15.8 Å². The van der Waals surface area contributed by atoms with Crippen LogP contribution in [0.4, 0.5) is 5.82 Å². The number of rotatable bonds is 3. The maximum absolute atomic E-state index is 12.5. The van der Waals surface area contributed by atoms with Crippen molar-refractivity contribution in [2.24, 2.45) is 0 Å². The van der Waals surface area contributed by atoms with Crippen molar-refractivity contribution in [3.05, 3.63) is 30.1 Å². The van der Waals surface area contributed by atoms with Crippen LogP contribution in [0, 0.1) is 0 Å². The maximum Gasteiger partial charge on any atom is 0.257 e. The predicted molar refractivity (Wildman–Crippen MR) is 95.6 cm³/mol. The van der Waals surface area contributed by atoms with Gasteiger partial charge in [-0.1, -0.05) is 0 Å². The molecule has 1 spiro atoms. The summed E-state index contributed by atoms with van der Waals surface area (Å²) in [7, 11) is -1.77. The fourth-order valence-electron chi connectivity index (χ4n) is 4.19. The predicted octanol–water partition coefficient (Wildman–Crippen LogP) is 0.522. The topological polar surface area (TPSA) is 104 Å². The third-order valence-electron chi connectivity index (χ3n) is 5.33. The van der Waals surface area contributed by atoms with Crippen LogP contribution < -0.4 is 9.64 Å². The lowest BCUT2D eigenvalue weighted by molar-refractivity contribution is 0.128. The van der Waals surface area contributed by atoms with Crippen molar-refractivity contribution in [1.29, 1.82) is 0 Å². The van der Waals surface area contributed by atoms with E-state index in [-0.39, 0.29) is 0 Å². The van der Waals surface area contributed by atoms with Gasteiger partial charge in [0.05, 0.1) is 30.9 Å². The number of nitrogens with zero attached hydrogens (tertiary/aromatic N) is 5. The molecular weight excluding hydrogens is 356 g/mol. The monoisotopic (exact) mass is 378 g/mol. The Morgan fingerprint density at radius 1 is 1.15 bits per heavy atom. The van der Waals surface area contributed by atoms with Crippen LogP contribution in [0.5, 0.6) is 5.88 Å². The van der Waals surface area contributed by atoms with E-state index in [4.69, 9.17) is 4.74 Å². The molecule has 2 aliphatic heterocycles. The first kappa shape index (κ1) is 17.2. The number of imidazole rings is 1. The molecule has 2 aromatic rings. The fourth-order valence-corrected chi connectivity index (χ4v) is 5.52. The standard InChI is InChI=1S/C16H22N6O3S/c1-25-15-14(17-6-7-18-15)21-9-4-16(5-10-21)13-12(19-11-20-13)3-8-22(16)26(2,23)24/h6-7,11H,3-5,8-10H2,1-2H3,(H,19,20). The summed E-state index contributed by atoms with van der Waals surface area (Å²) in [5.74, 6) is 1.17. The molecule has 26 heavy (non-hydrogen) atoms. The minimum Gasteiger partial charge on any atom is -0.478 e. The van der Waals surface area contributed by atoms with Gasteiger partial charge in [-0.05, 0) is 12.8 Å². The van der Waals surface area contributed by atoms with E-state index in [2.05, 4.69) is 24.8 Å². The van der Waals surface area contributed by atoms with Gasteiger partial charge in [-0.3, -0.25) is 0 Å². The number of sulfonamides is 1. The first-order chi connectivity index (χ1) is 12.5. The average molecular weight is 378 g/mol. The molecule has 0 atom stereocenters. The van der Waals surface area contributed by atoms with Crippen molar-refractivity contribution in [1.82, 2.24) is 24.2 Å². The van der Waals surface area contributed by atoms with E-state index in [0.29, 0.717) is 50.6 Å². The molecule has 1 saturated heterocycles. The lowest BCUT2D eigenvalue weighted by Crippen LogP contribution is -2.58. The SMILES string of the molecule is COc1nccnc1N1CCC2(CC1)c1nc[nH]c1CCN2S(C)(=O)=O. The number of nitrogens with one attached hydrogen (secondary N) is 1. The second kappa shape index (κ2) is 6.20. The van der Waals surface area contributed by atoms with Crippen LogP contribution in [0.3, 0.4) is 0 Å². The van der Waals surface area contributed by atoms with Gasteiger partial charge in [0.1, 0.15) is 0 Å². The molecule has 1 fully saturated rings. The third kappa shape index (κ3) is 2.64. The molecule has 1 N–H and O–H groups in total. The van der Waals surface area contributed by atoms with E-state index in [0.717, 1.165) is 11.4 Å². The smallest absolute Gasteiger partial charge is 0.257 e. The molecule has 2 aliphatic rings. The molecule has 9 nitrogen and oxygen atoms in total. The highest BCUT2D eigenvalue weighted by Gasteiger charge is 2.50. The number of hydrogen-bond acceptors (Lipinski definition) is 7. The average Bonchev–Trinajstić information content (AvgIpc) is 3.12. The maximum atomic E-state index is 12.5. The van der Waals surface area contributed by atoms with E-state index in [1.54, 1.807) is 30.1 Å². The molecule has 4 heterocycles. The Bertz CT molecular complexity index is 904. The van der Waals surface area contributed by atoms with Gasteiger partial charge in [-0.2, -0.15) is 4.31 Å². The van der Waals surface area contributed by atoms with E-state index < -0.39 is 15.6 Å². The minimum absolute atomic E-state index is 0.475. The van der Waals surface area contributed by atoms with Crippen molar-refractivity contribution in [3.63, 3.8) is 0 Å². The summed E-state index contributed by atoms with van der Waals surface area (Å²) < 4.78 is 31.9. The van der Waals surface area contributed by atoms with Crippen molar-refractivity contribution in [2.75, 3.05) is 37.9 Å².